The lowest BCUT2D eigenvalue weighted by Gasteiger charge is -2.31. The van der Waals surface area contributed by atoms with Crippen LogP contribution >= 0.6 is 11.3 Å². The molecule has 2 heterocycles. The lowest BCUT2D eigenvalue weighted by Crippen LogP contribution is -2.30. The van der Waals surface area contributed by atoms with Gasteiger partial charge in [-0.25, -0.2) is 4.98 Å². The van der Waals surface area contributed by atoms with Crippen molar-refractivity contribution in [3.63, 3.8) is 0 Å². The topological polar surface area (TPSA) is 34.1 Å². The second-order valence-electron chi connectivity index (χ2n) is 6.67. The van der Waals surface area contributed by atoms with Crippen molar-refractivity contribution in [1.29, 1.82) is 0 Å². The standard InChI is InChI=1S/C16H26N2OS/c1-11(2)14-13(10-17-12-6-7-12)20-15(18-14)16(3)8-4-5-9-19-16/h11-12,17H,4-10H2,1-3H3. The molecule has 1 saturated carbocycles. The fourth-order valence-corrected chi connectivity index (χ4v) is 4.09. The molecule has 1 aromatic heterocycles. The van der Waals surface area contributed by atoms with Gasteiger partial charge in [-0.15, -0.1) is 11.3 Å². The van der Waals surface area contributed by atoms with Crippen molar-refractivity contribution >= 4 is 11.3 Å². The summed E-state index contributed by atoms with van der Waals surface area (Å²) in [4.78, 5) is 6.37. The van der Waals surface area contributed by atoms with Crippen LogP contribution in [0.5, 0.6) is 0 Å². The summed E-state index contributed by atoms with van der Waals surface area (Å²) in [7, 11) is 0. The first-order valence-electron chi connectivity index (χ1n) is 7.96. The predicted molar refractivity (Wildman–Crippen MR) is 83.2 cm³/mol. The van der Waals surface area contributed by atoms with E-state index in [4.69, 9.17) is 9.72 Å². The Morgan fingerprint density at radius 3 is 2.80 bits per heavy atom. The van der Waals surface area contributed by atoms with Gasteiger partial charge in [0.2, 0.25) is 0 Å². The van der Waals surface area contributed by atoms with E-state index in [1.807, 2.05) is 11.3 Å². The molecule has 0 amide bonds. The van der Waals surface area contributed by atoms with Gasteiger partial charge < -0.3 is 10.1 Å². The van der Waals surface area contributed by atoms with Gasteiger partial charge in [0.1, 0.15) is 10.6 Å². The SMILES string of the molecule is CC(C)c1nc(C2(C)CCCCO2)sc1CNC1CC1. The Morgan fingerprint density at radius 2 is 2.20 bits per heavy atom. The van der Waals surface area contributed by atoms with Gasteiger partial charge in [-0.1, -0.05) is 13.8 Å². The van der Waals surface area contributed by atoms with Crippen LogP contribution in [0.1, 0.15) is 74.4 Å². The number of thiazole rings is 1. The predicted octanol–water partition coefficient (Wildman–Crippen LogP) is 3.93. The van der Waals surface area contributed by atoms with Crippen LogP contribution in [0, 0.1) is 0 Å². The number of nitrogens with one attached hydrogen (secondary N) is 1. The molecule has 1 aromatic rings. The van der Waals surface area contributed by atoms with Gasteiger partial charge in [0, 0.05) is 24.1 Å². The molecule has 1 atom stereocenters. The van der Waals surface area contributed by atoms with Crippen molar-refractivity contribution in [2.75, 3.05) is 6.61 Å². The molecule has 4 heteroatoms. The zero-order valence-electron chi connectivity index (χ0n) is 12.9. The third kappa shape index (κ3) is 3.07. The van der Waals surface area contributed by atoms with E-state index in [-0.39, 0.29) is 5.60 Å². The van der Waals surface area contributed by atoms with Crippen LogP contribution in [0.25, 0.3) is 0 Å². The minimum atomic E-state index is -0.148. The summed E-state index contributed by atoms with van der Waals surface area (Å²) in [6, 6.07) is 0.752. The molecule has 2 aliphatic rings. The Balaban J connectivity index is 1.81. The Morgan fingerprint density at radius 1 is 1.40 bits per heavy atom. The van der Waals surface area contributed by atoms with E-state index in [0.717, 1.165) is 25.6 Å². The zero-order valence-corrected chi connectivity index (χ0v) is 13.7. The lowest BCUT2D eigenvalue weighted by atomic mass is 9.96. The first-order chi connectivity index (χ1) is 9.58. The van der Waals surface area contributed by atoms with E-state index in [9.17, 15) is 0 Å². The number of rotatable bonds is 5. The molecule has 1 aliphatic heterocycles. The van der Waals surface area contributed by atoms with Crippen LogP contribution in [-0.2, 0) is 16.9 Å². The quantitative estimate of drug-likeness (QED) is 0.893. The molecule has 1 unspecified atom stereocenters. The molecular weight excluding hydrogens is 268 g/mol. The minimum absolute atomic E-state index is 0.148. The van der Waals surface area contributed by atoms with Gasteiger partial charge in [0.05, 0.1) is 5.69 Å². The number of hydrogen-bond donors (Lipinski definition) is 1. The number of aromatic nitrogens is 1. The lowest BCUT2D eigenvalue weighted by molar-refractivity contribution is -0.0702. The fraction of sp³-hybridized carbons (Fsp3) is 0.812. The molecule has 2 fully saturated rings. The number of nitrogens with zero attached hydrogens (tertiary/aromatic N) is 1. The van der Waals surface area contributed by atoms with Crippen molar-refractivity contribution in [1.82, 2.24) is 10.3 Å². The van der Waals surface area contributed by atoms with E-state index in [2.05, 4.69) is 26.1 Å². The maximum absolute atomic E-state index is 6.07. The van der Waals surface area contributed by atoms with E-state index in [1.165, 1.54) is 41.3 Å². The molecule has 0 bridgehead atoms. The van der Waals surface area contributed by atoms with Crippen molar-refractivity contribution in [3.8, 4) is 0 Å². The summed E-state index contributed by atoms with van der Waals surface area (Å²) in [5.41, 5.74) is 1.12. The van der Waals surface area contributed by atoms with Crippen LogP contribution in [-0.4, -0.2) is 17.6 Å². The molecule has 20 heavy (non-hydrogen) atoms. The first kappa shape index (κ1) is 14.5. The molecular formula is C16H26N2OS. The van der Waals surface area contributed by atoms with Crippen molar-refractivity contribution < 1.29 is 4.74 Å². The second-order valence-corrected chi connectivity index (χ2v) is 7.76. The van der Waals surface area contributed by atoms with Gasteiger partial charge in [-0.05, 0) is 44.9 Å². The van der Waals surface area contributed by atoms with Gasteiger partial charge in [0.25, 0.3) is 0 Å². The Labute approximate surface area is 126 Å². The summed E-state index contributed by atoms with van der Waals surface area (Å²) in [6.45, 7) is 8.55. The summed E-state index contributed by atoms with van der Waals surface area (Å²) >= 11 is 1.86. The highest BCUT2D eigenvalue weighted by Crippen LogP contribution is 2.39. The smallest absolute Gasteiger partial charge is 0.125 e. The van der Waals surface area contributed by atoms with E-state index in [0.29, 0.717) is 5.92 Å². The monoisotopic (exact) mass is 294 g/mol. The van der Waals surface area contributed by atoms with Crippen LogP contribution in [0.2, 0.25) is 0 Å². The zero-order chi connectivity index (χ0) is 14.2. The average molecular weight is 294 g/mol. The van der Waals surface area contributed by atoms with Gasteiger partial charge in [0.15, 0.2) is 0 Å². The van der Waals surface area contributed by atoms with Gasteiger partial charge in [-0.3, -0.25) is 0 Å². The third-order valence-corrected chi connectivity index (χ3v) is 5.64. The molecule has 1 N–H and O–H groups in total. The molecule has 1 saturated heterocycles. The van der Waals surface area contributed by atoms with Crippen LogP contribution in [0.3, 0.4) is 0 Å². The maximum Gasteiger partial charge on any atom is 0.125 e. The highest BCUT2D eigenvalue weighted by Gasteiger charge is 2.34. The van der Waals surface area contributed by atoms with Crippen LogP contribution in [0.15, 0.2) is 0 Å². The van der Waals surface area contributed by atoms with Crippen molar-refractivity contribution in [2.24, 2.45) is 0 Å². The fourth-order valence-electron chi connectivity index (χ4n) is 2.79. The Kier molecular flexibility index (Phi) is 4.16. The number of hydrogen-bond acceptors (Lipinski definition) is 4. The largest absolute Gasteiger partial charge is 0.368 e. The Hall–Kier alpha value is -0.450. The molecule has 3 rings (SSSR count). The average Bonchev–Trinajstić information content (AvgIpc) is 3.14. The second kappa shape index (κ2) is 5.74. The van der Waals surface area contributed by atoms with Crippen molar-refractivity contribution in [2.45, 2.75) is 77.0 Å². The highest BCUT2D eigenvalue weighted by atomic mass is 32.1. The summed E-state index contributed by atoms with van der Waals surface area (Å²) in [5, 5.41) is 4.81. The number of ether oxygens (including phenoxy) is 1. The van der Waals surface area contributed by atoms with E-state index in [1.54, 1.807) is 0 Å². The van der Waals surface area contributed by atoms with Crippen LogP contribution < -0.4 is 5.32 Å². The highest BCUT2D eigenvalue weighted by molar-refractivity contribution is 7.11. The maximum atomic E-state index is 6.07. The first-order valence-corrected chi connectivity index (χ1v) is 8.77. The van der Waals surface area contributed by atoms with Gasteiger partial charge >= 0.3 is 0 Å². The summed E-state index contributed by atoms with van der Waals surface area (Å²) in [5.74, 6) is 0.489. The van der Waals surface area contributed by atoms with E-state index < -0.39 is 0 Å². The van der Waals surface area contributed by atoms with E-state index >= 15 is 0 Å². The third-order valence-electron chi connectivity index (χ3n) is 4.32. The summed E-state index contributed by atoms with van der Waals surface area (Å²) in [6.07, 6.45) is 6.22. The van der Waals surface area contributed by atoms with Crippen molar-refractivity contribution in [3.05, 3.63) is 15.6 Å². The molecule has 1 aliphatic carbocycles. The Bertz CT molecular complexity index is 459. The molecule has 0 spiro atoms. The molecule has 112 valence electrons. The summed E-state index contributed by atoms with van der Waals surface area (Å²) < 4.78 is 6.07. The normalized spacial score (nSPS) is 27.2. The van der Waals surface area contributed by atoms with Crippen LogP contribution in [0.4, 0.5) is 0 Å². The molecule has 0 radical (unpaired) electrons. The molecule has 3 nitrogen and oxygen atoms in total. The minimum Gasteiger partial charge on any atom is -0.368 e. The van der Waals surface area contributed by atoms with Gasteiger partial charge in [-0.2, -0.15) is 0 Å². The molecule has 0 aromatic carbocycles.